The SMILES string of the molecule is CCc1ccc2nc(N(CCN3CCOCC3)C(=O)c3cccc4ccccc34)sc2c1. The molecule has 1 aliphatic heterocycles. The molecule has 1 fully saturated rings. The van der Waals surface area contributed by atoms with Crippen molar-refractivity contribution < 1.29 is 9.53 Å². The molecule has 1 amide bonds. The van der Waals surface area contributed by atoms with Crippen LogP contribution in [0.25, 0.3) is 21.0 Å². The van der Waals surface area contributed by atoms with Gasteiger partial charge in [-0.05, 0) is 41.0 Å². The van der Waals surface area contributed by atoms with Gasteiger partial charge in [0.1, 0.15) is 0 Å². The smallest absolute Gasteiger partial charge is 0.260 e. The number of ether oxygens (including phenoxy) is 1. The third kappa shape index (κ3) is 4.26. The number of hydrogen-bond acceptors (Lipinski definition) is 5. The first kappa shape index (κ1) is 21.1. The molecule has 5 nitrogen and oxygen atoms in total. The fourth-order valence-electron chi connectivity index (χ4n) is 4.20. The minimum Gasteiger partial charge on any atom is -0.379 e. The highest BCUT2D eigenvalue weighted by Gasteiger charge is 2.24. The number of thiazole rings is 1. The molecule has 0 atom stereocenters. The van der Waals surface area contributed by atoms with Crippen molar-refractivity contribution in [2.24, 2.45) is 0 Å². The van der Waals surface area contributed by atoms with Gasteiger partial charge < -0.3 is 4.74 Å². The van der Waals surface area contributed by atoms with E-state index in [1.54, 1.807) is 11.3 Å². The van der Waals surface area contributed by atoms with Crippen LogP contribution in [-0.2, 0) is 11.2 Å². The molecule has 0 unspecified atom stereocenters. The number of carbonyl (C=O) groups excluding carboxylic acids is 1. The van der Waals surface area contributed by atoms with E-state index in [1.165, 1.54) is 5.56 Å². The van der Waals surface area contributed by atoms with E-state index in [0.717, 1.165) is 71.0 Å². The van der Waals surface area contributed by atoms with Crippen LogP contribution in [-0.4, -0.2) is 55.2 Å². The fourth-order valence-corrected chi connectivity index (χ4v) is 5.25. The van der Waals surface area contributed by atoms with Crippen LogP contribution in [0, 0.1) is 0 Å². The number of morpholine rings is 1. The van der Waals surface area contributed by atoms with Gasteiger partial charge in [0.15, 0.2) is 5.13 Å². The van der Waals surface area contributed by atoms with E-state index in [9.17, 15) is 4.79 Å². The Balaban J connectivity index is 1.52. The van der Waals surface area contributed by atoms with Gasteiger partial charge in [-0.3, -0.25) is 14.6 Å². The van der Waals surface area contributed by atoms with E-state index in [1.807, 2.05) is 47.4 Å². The van der Waals surface area contributed by atoms with E-state index in [2.05, 4.69) is 30.0 Å². The number of hydrogen-bond donors (Lipinski definition) is 0. The van der Waals surface area contributed by atoms with Gasteiger partial charge in [-0.25, -0.2) is 4.98 Å². The minimum atomic E-state index is 0.00447. The van der Waals surface area contributed by atoms with Gasteiger partial charge in [-0.2, -0.15) is 0 Å². The summed E-state index contributed by atoms with van der Waals surface area (Å²) >= 11 is 1.60. The average molecular weight is 446 g/mol. The molecule has 32 heavy (non-hydrogen) atoms. The Labute approximate surface area is 192 Å². The zero-order chi connectivity index (χ0) is 21.9. The van der Waals surface area contributed by atoms with E-state index >= 15 is 0 Å². The molecule has 1 saturated heterocycles. The summed E-state index contributed by atoms with van der Waals surface area (Å²) in [4.78, 5) is 23.0. The molecule has 6 heteroatoms. The molecule has 0 bridgehead atoms. The van der Waals surface area contributed by atoms with Crippen LogP contribution in [0.2, 0.25) is 0 Å². The van der Waals surface area contributed by atoms with Crippen LogP contribution in [0.3, 0.4) is 0 Å². The van der Waals surface area contributed by atoms with Crippen molar-refractivity contribution in [2.75, 3.05) is 44.3 Å². The number of carbonyl (C=O) groups is 1. The third-order valence-corrected chi connectivity index (χ3v) is 7.13. The summed E-state index contributed by atoms with van der Waals surface area (Å²) in [5.74, 6) is 0.00447. The van der Waals surface area contributed by atoms with Crippen molar-refractivity contribution in [2.45, 2.75) is 13.3 Å². The van der Waals surface area contributed by atoms with Crippen LogP contribution in [0.15, 0.2) is 60.7 Å². The van der Waals surface area contributed by atoms with Crippen LogP contribution in [0.5, 0.6) is 0 Å². The summed E-state index contributed by atoms with van der Waals surface area (Å²) in [5.41, 5.74) is 2.95. The average Bonchev–Trinajstić information content (AvgIpc) is 3.27. The van der Waals surface area contributed by atoms with Gasteiger partial charge in [0.05, 0.1) is 23.4 Å². The summed E-state index contributed by atoms with van der Waals surface area (Å²) in [5, 5.41) is 2.81. The van der Waals surface area contributed by atoms with E-state index in [0.29, 0.717) is 6.54 Å². The molecular weight excluding hydrogens is 418 g/mol. The molecule has 1 aromatic heterocycles. The van der Waals surface area contributed by atoms with Crippen LogP contribution in [0.1, 0.15) is 22.8 Å². The Hall–Kier alpha value is -2.80. The Kier molecular flexibility index (Phi) is 6.17. The standard InChI is InChI=1S/C26H27N3O2S/c1-2-19-10-11-23-24(18-19)32-26(27-23)29(13-12-28-14-16-31-17-15-28)25(30)22-9-5-7-20-6-3-4-8-21(20)22/h3-11,18H,2,12-17H2,1H3. The lowest BCUT2D eigenvalue weighted by Crippen LogP contribution is -2.43. The third-order valence-electron chi connectivity index (χ3n) is 6.09. The van der Waals surface area contributed by atoms with Crippen molar-refractivity contribution in [1.29, 1.82) is 0 Å². The summed E-state index contributed by atoms with van der Waals surface area (Å²) < 4.78 is 6.61. The number of aryl methyl sites for hydroxylation is 1. The number of rotatable bonds is 6. The molecule has 0 spiro atoms. The Bertz CT molecular complexity index is 1240. The lowest BCUT2D eigenvalue weighted by Gasteiger charge is -2.29. The highest BCUT2D eigenvalue weighted by atomic mass is 32.1. The lowest BCUT2D eigenvalue weighted by atomic mass is 10.0. The Morgan fingerprint density at radius 1 is 1.09 bits per heavy atom. The van der Waals surface area contributed by atoms with E-state index in [-0.39, 0.29) is 5.91 Å². The normalized spacial score (nSPS) is 14.8. The lowest BCUT2D eigenvalue weighted by molar-refractivity contribution is 0.0391. The van der Waals surface area contributed by atoms with Gasteiger partial charge in [-0.15, -0.1) is 0 Å². The first-order chi connectivity index (χ1) is 15.7. The topological polar surface area (TPSA) is 45.7 Å². The first-order valence-electron chi connectivity index (χ1n) is 11.2. The zero-order valence-electron chi connectivity index (χ0n) is 18.3. The molecular formula is C26H27N3O2S. The molecule has 3 aromatic carbocycles. The molecule has 0 aliphatic carbocycles. The maximum atomic E-state index is 13.9. The minimum absolute atomic E-state index is 0.00447. The molecule has 0 N–H and O–H groups in total. The Morgan fingerprint density at radius 2 is 1.91 bits per heavy atom. The van der Waals surface area contributed by atoms with Crippen LogP contribution in [0.4, 0.5) is 5.13 Å². The summed E-state index contributed by atoms with van der Waals surface area (Å²) in [6.07, 6.45) is 0.985. The Morgan fingerprint density at radius 3 is 2.75 bits per heavy atom. The first-order valence-corrected chi connectivity index (χ1v) is 12.0. The molecule has 1 aliphatic rings. The van der Waals surface area contributed by atoms with Crippen molar-refractivity contribution >= 4 is 43.4 Å². The molecule has 2 heterocycles. The predicted molar refractivity (Wildman–Crippen MR) is 132 cm³/mol. The summed E-state index contributed by atoms with van der Waals surface area (Å²) in [6, 6.07) is 20.4. The highest BCUT2D eigenvalue weighted by molar-refractivity contribution is 7.22. The number of aromatic nitrogens is 1. The van der Waals surface area contributed by atoms with Gasteiger partial charge in [0.25, 0.3) is 5.91 Å². The maximum absolute atomic E-state index is 13.9. The predicted octanol–water partition coefficient (Wildman–Crippen LogP) is 4.99. The number of amides is 1. The number of anilines is 1. The fraction of sp³-hybridized carbons (Fsp3) is 0.308. The molecule has 0 saturated carbocycles. The zero-order valence-corrected chi connectivity index (χ0v) is 19.1. The second-order valence-corrected chi connectivity index (χ2v) is 9.10. The molecule has 5 rings (SSSR count). The summed E-state index contributed by atoms with van der Waals surface area (Å²) in [6.45, 7) is 6.85. The van der Waals surface area contributed by atoms with Crippen LogP contribution < -0.4 is 4.90 Å². The molecule has 164 valence electrons. The van der Waals surface area contributed by atoms with Crippen LogP contribution >= 0.6 is 11.3 Å². The van der Waals surface area contributed by atoms with Gasteiger partial charge in [-0.1, -0.05) is 60.7 Å². The largest absolute Gasteiger partial charge is 0.379 e. The van der Waals surface area contributed by atoms with E-state index < -0.39 is 0 Å². The van der Waals surface area contributed by atoms with E-state index in [4.69, 9.17) is 9.72 Å². The number of fused-ring (bicyclic) bond motifs is 2. The van der Waals surface area contributed by atoms with Gasteiger partial charge in [0.2, 0.25) is 0 Å². The van der Waals surface area contributed by atoms with Gasteiger partial charge >= 0.3 is 0 Å². The van der Waals surface area contributed by atoms with Gasteiger partial charge in [0, 0.05) is 31.7 Å². The quantitative estimate of drug-likeness (QED) is 0.419. The number of nitrogens with zero attached hydrogens (tertiary/aromatic N) is 3. The molecule has 4 aromatic rings. The van der Waals surface area contributed by atoms with Crippen molar-refractivity contribution in [3.8, 4) is 0 Å². The van der Waals surface area contributed by atoms with Crippen molar-refractivity contribution in [3.05, 3.63) is 71.8 Å². The summed E-state index contributed by atoms with van der Waals surface area (Å²) in [7, 11) is 0. The number of benzene rings is 3. The maximum Gasteiger partial charge on any atom is 0.260 e. The van der Waals surface area contributed by atoms with Crippen molar-refractivity contribution in [1.82, 2.24) is 9.88 Å². The molecule has 0 radical (unpaired) electrons. The second-order valence-electron chi connectivity index (χ2n) is 8.09. The monoisotopic (exact) mass is 445 g/mol. The second kappa shape index (κ2) is 9.36. The highest BCUT2D eigenvalue weighted by Crippen LogP contribution is 2.31. The van der Waals surface area contributed by atoms with Crippen molar-refractivity contribution in [3.63, 3.8) is 0 Å².